The van der Waals surface area contributed by atoms with Gasteiger partial charge in [0.15, 0.2) is 5.84 Å². The Morgan fingerprint density at radius 3 is 2.78 bits per heavy atom. The van der Waals surface area contributed by atoms with Crippen LogP contribution in [0.4, 0.5) is 5.95 Å². The minimum absolute atomic E-state index is 0.246. The van der Waals surface area contributed by atoms with Crippen molar-refractivity contribution in [2.45, 2.75) is 6.92 Å². The molecule has 1 aromatic heterocycles. The highest BCUT2D eigenvalue weighted by Gasteiger charge is 2.19. The molecule has 0 amide bonds. The monoisotopic (exact) mass is 250 g/mol. The number of piperazine rings is 1. The predicted octanol–water partition coefficient (Wildman–Crippen LogP) is -0.347. The third-order valence-electron chi connectivity index (χ3n) is 2.95. The standard InChI is InChI=1S/C11H18N6O/c1-9-2-3-13-11(14-9)17-6-4-16(5-7-17)8-10(12)15-18/h2-3,18H,4-8H2,1H3,(H2,12,15). The summed E-state index contributed by atoms with van der Waals surface area (Å²) in [6, 6.07) is 1.89. The van der Waals surface area contributed by atoms with Gasteiger partial charge in [0.2, 0.25) is 5.95 Å². The van der Waals surface area contributed by atoms with Gasteiger partial charge in [-0.05, 0) is 13.0 Å². The van der Waals surface area contributed by atoms with E-state index in [-0.39, 0.29) is 5.84 Å². The van der Waals surface area contributed by atoms with Crippen molar-refractivity contribution in [3.63, 3.8) is 0 Å². The van der Waals surface area contributed by atoms with E-state index < -0.39 is 0 Å². The second-order valence-electron chi connectivity index (χ2n) is 4.35. The molecule has 98 valence electrons. The zero-order valence-corrected chi connectivity index (χ0v) is 10.5. The van der Waals surface area contributed by atoms with E-state index in [2.05, 4.69) is 24.9 Å². The highest BCUT2D eigenvalue weighted by Crippen LogP contribution is 2.10. The SMILES string of the molecule is Cc1ccnc(N2CCN(CC(N)=NO)CC2)n1. The predicted molar refractivity (Wildman–Crippen MR) is 68.8 cm³/mol. The van der Waals surface area contributed by atoms with E-state index in [9.17, 15) is 0 Å². The summed E-state index contributed by atoms with van der Waals surface area (Å²) in [4.78, 5) is 13.0. The summed E-state index contributed by atoms with van der Waals surface area (Å²) < 4.78 is 0. The Balaban J connectivity index is 1.90. The molecule has 18 heavy (non-hydrogen) atoms. The van der Waals surface area contributed by atoms with Gasteiger partial charge < -0.3 is 15.8 Å². The van der Waals surface area contributed by atoms with Crippen LogP contribution in [0.15, 0.2) is 17.4 Å². The Kier molecular flexibility index (Phi) is 3.93. The summed E-state index contributed by atoms with van der Waals surface area (Å²) in [5.41, 5.74) is 6.46. The molecule has 2 rings (SSSR count). The first-order chi connectivity index (χ1) is 8.69. The summed E-state index contributed by atoms with van der Waals surface area (Å²) in [6.45, 7) is 5.87. The van der Waals surface area contributed by atoms with Crippen LogP contribution in [0.2, 0.25) is 0 Å². The van der Waals surface area contributed by atoms with Gasteiger partial charge in [-0.3, -0.25) is 4.90 Å². The molecule has 3 N–H and O–H groups in total. The van der Waals surface area contributed by atoms with Gasteiger partial charge in [0.1, 0.15) is 0 Å². The van der Waals surface area contributed by atoms with Crippen molar-refractivity contribution >= 4 is 11.8 Å². The van der Waals surface area contributed by atoms with Crippen molar-refractivity contribution in [3.05, 3.63) is 18.0 Å². The Hall–Kier alpha value is -1.89. The molecule has 0 aliphatic carbocycles. The fourth-order valence-corrected chi connectivity index (χ4v) is 1.95. The Morgan fingerprint density at radius 1 is 1.44 bits per heavy atom. The van der Waals surface area contributed by atoms with Crippen LogP contribution in [0.5, 0.6) is 0 Å². The number of oxime groups is 1. The molecule has 1 fully saturated rings. The van der Waals surface area contributed by atoms with E-state index in [1.54, 1.807) is 6.20 Å². The van der Waals surface area contributed by atoms with Crippen molar-refractivity contribution in [2.75, 3.05) is 37.6 Å². The number of aromatic nitrogens is 2. The topological polar surface area (TPSA) is 90.9 Å². The van der Waals surface area contributed by atoms with E-state index >= 15 is 0 Å². The minimum atomic E-state index is 0.246. The normalized spacial score (nSPS) is 18.1. The number of rotatable bonds is 3. The van der Waals surface area contributed by atoms with E-state index in [1.807, 2.05) is 13.0 Å². The second kappa shape index (κ2) is 5.63. The molecule has 0 atom stereocenters. The summed E-state index contributed by atoms with van der Waals surface area (Å²) >= 11 is 0. The van der Waals surface area contributed by atoms with Crippen LogP contribution in [-0.2, 0) is 0 Å². The highest BCUT2D eigenvalue weighted by molar-refractivity contribution is 5.81. The lowest BCUT2D eigenvalue weighted by molar-refractivity contribution is 0.277. The van der Waals surface area contributed by atoms with Crippen molar-refractivity contribution in [3.8, 4) is 0 Å². The van der Waals surface area contributed by atoms with Crippen LogP contribution >= 0.6 is 0 Å². The molecule has 0 saturated carbocycles. The number of amidine groups is 1. The van der Waals surface area contributed by atoms with Crippen LogP contribution < -0.4 is 10.6 Å². The summed E-state index contributed by atoms with van der Waals surface area (Å²) in [6.07, 6.45) is 1.78. The molecular weight excluding hydrogens is 232 g/mol. The molecule has 0 spiro atoms. The van der Waals surface area contributed by atoms with E-state index in [1.165, 1.54) is 0 Å². The quantitative estimate of drug-likeness (QED) is 0.330. The second-order valence-corrected chi connectivity index (χ2v) is 4.35. The molecule has 7 heteroatoms. The molecule has 0 unspecified atom stereocenters. The van der Waals surface area contributed by atoms with Crippen LogP contribution in [0.1, 0.15) is 5.69 Å². The van der Waals surface area contributed by atoms with Gasteiger partial charge in [-0.25, -0.2) is 9.97 Å². The molecular formula is C11H18N6O. The molecule has 1 aromatic rings. The molecule has 1 aliphatic rings. The van der Waals surface area contributed by atoms with Gasteiger partial charge >= 0.3 is 0 Å². The van der Waals surface area contributed by atoms with E-state index in [0.29, 0.717) is 6.54 Å². The number of hydrogen-bond acceptors (Lipinski definition) is 6. The van der Waals surface area contributed by atoms with Crippen molar-refractivity contribution in [1.29, 1.82) is 0 Å². The fourth-order valence-electron chi connectivity index (χ4n) is 1.95. The molecule has 1 aliphatic heterocycles. The largest absolute Gasteiger partial charge is 0.409 e. The zero-order chi connectivity index (χ0) is 13.0. The summed E-state index contributed by atoms with van der Waals surface area (Å²) in [5, 5.41) is 11.5. The third kappa shape index (κ3) is 3.07. The van der Waals surface area contributed by atoms with Gasteiger partial charge in [0, 0.05) is 38.1 Å². The Labute approximate surface area is 106 Å². The average Bonchev–Trinajstić information content (AvgIpc) is 2.39. The molecule has 0 aromatic carbocycles. The lowest BCUT2D eigenvalue weighted by atomic mass is 10.3. The van der Waals surface area contributed by atoms with Crippen LogP contribution in [0.3, 0.4) is 0 Å². The average molecular weight is 250 g/mol. The maximum atomic E-state index is 8.53. The van der Waals surface area contributed by atoms with Crippen LogP contribution in [-0.4, -0.2) is 58.6 Å². The van der Waals surface area contributed by atoms with E-state index in [4.69, 9.17) is 10.9 Å². The number of nitrogens with zero attached hydrogens (tertiary/aromatic N) is 5. The van der Waals surface area contributed by atoms with Gasteiger partial charge in [-0.1, -0.05) is 5.16 Å². The van der Waals surface area contributed by atoms with E-state index in [0.717, 1.165) is 37.8 Å². The van der Waals surface area contributed by atoms with Crippen LogP contribution in [0, 0.1) is 6.92 Å². The lowest BCUT2D eigenvalue weighted by Crippen LogP contribution is -2.49. The Bertz CT molecular complexity index is 427. The molecule has 0 radical (unpaired) electrons. The molecule has 1 saturated heterocycles. The van der Waals surface area contributed by atoms with Gasteiger partial charge in [0.25, 0.3) is 0 Å². The van der Waals surface area contributed by atoms with Gasteiger partial charge in [-0.2, -0.15) is 0 Å². The summed E-state index contributed by atoms with van der Waals surface area (Å²) in [7, 11) is 0. The fraction of sp³-hybridized carbons (Fsp3) is 0.545. The lowest BCUT2D eigenvalue weighted by Gasteiger charge is -2.34. The molecule has 0 bridgehead atoms. The first-order valence-electron chi connectivity index (χ1n) is 5.92. The first kappa shape index (κ1) is 12.6. The minimum Gasteiger partial charge on any atom is -0.409 e. The smallest absolute Gasteiger partial charge is 0.225 e. The highest BCUT2D eigenvalue weighted by atomic mass is 16.4. The van der Waals surface area contributed by atoms with Gasteiger partial charge in [0.05, 0.1) is 6.54 Å². The third-order valence-corrected chi connectivity index (χ3v) is 2.95. The number of anilines is 1. The molecule has 2 heterocycles. The molecule has 7 nitrogen and oxygen atoms in total. The Morgan fingerprint density at radius 2 is 2.17 bits per heavy atom. The van der Waals surface area contributed by atoms with Gasteiger partial charge in [-0.15, -0.1) is 0 Å². The van der Waals surface area contributed by atoms with Crippen LogP contribution in [0.25, 0.3) is 0 Å². The number of hydrogen-bond donors (Lipinski definition) is 2. The van der Waals surface area contributed by atoms with Crippen molar-refractivity contribution in [1.82, 2.24) is 14.9 Å². The summed E-state index contributed by atoms with van der Waals surface area (Å²) in [5.74, 6) is 1.02. The first-order valence-corrected chi connectivity index (χ1v) is 5.92. The van der Waals surface area contributed by atoms with Crippen molar-refractivity contribution in [2.24, 2.45) is 10.9 Å². The zero-order valence-electron chi connectivity index (χ0n) is 10.5. The van der Waals surface area contributed by atoms with Crippen molar-refractivity contribution < 1.29 is 5.21 Å². The maximum Gasteiger partial charge on any atom is 0.225 e. The maximum absolute atomic E-state index is 8.53. The number of aryl methyl sites for hydroxylation is 1. The number of nitrogens with two attached hydrogens (primary N) is 1.